The largest absolute Gasteiger partial charge is 0.361 e. The van der Waals surface area contributed by atoms with Gasteiger partial charge in [0.05, 0.1) is 0 Å². The Hall–Kier alpha value is -0.830. The van der Waals surface area contributed by atoms with Gasteiger partial charge in [-0.05, 0) is 32.2 Å². The molecule has 0 radical (unpaired) electrons. The molecule has 1 aliphatic carbocycles. The lowest BCUT2D eigenvalue weighted by Crippen LogP contribution is -2.16. The Morgan fingerprint density at radius 3 is 3.20 bits per heavy atom. The zero-order valence-electron chi connectivity index (χ0n) is 9.68. The third-order valence-electron chi connectivity index (χ3n) is 3.13. The topological polar surface area (TPSA) is 38.1 Å². The van der Waals surface area contributed by atoms with Gasteiger partial charge in [0, 0.05) is 18.0 Å². The molecule has 3 heteroatoms. The summed E-state index contributed by atoms with van der Waals surface area (Å²) in [5.74, 6) is 1.69. The van der Waals surface area contributed by atoms with E-state index in [9.17, 15) is 0 Å². The lowest BCUT2D eigenvalue weighted by Gasteiger charge is -2.16. The average Bonchev–Trinajstić information content (AvgIpc) is 2.64. The second-order valence-corrected chi connectivity index (χ2v) is 4.44. The number of nitrogens with zero attached hydrogens (tertiary/aromatic N) is 1. The van der Waals surface area contributed by atoms with Crippen molar-refractivity contribution in [2.24, 2.45) is 0 Å². The van der Waals surface area contributed by atoms with E-state index in [0.29, 0.717) is 5.92 Å². The highest BCUT2D eigenvalue weighted by Crippen LogP contribution is 2.32. The summed E-state index contributed by atoms with van der Waals surface area (Å²) in [6.07, 6.45) is 4.82. The van der Waals surface area contributed by atoms with Gasteiger partial charge in [-0.15, -0.1) is 0 Å². The van der Waals surface area contributed by atoms with Gasteiger partial charge in [0.1, 0.15) is 11.5 Å². The Morgan fingerprint density at radius 1 is 1.53 bits per heavy atom. The average molecular weight is 208 g/mol. The van der Waals surface area contributed by atoms with Crippen molar-refractivity contribution in [3.8, 4) is 0 Å². The molecule has 0 saturated carbocycles. The summed E-state index contributed by atoms with van der Waals surface area (Å²) in [5, 5.41) is 7.56. The van der Waals surface area contributed by atoms with Crippen LogP contribution in [0.2, 0.25) is 0 Å². The first-order chi connectivity index (χ1) is 7.33. The second kappa shape index (κ2) is 4.79. The van der Waals surface area contributed by atoms with Gasteiger partial charge in [0.25, 0.3) is 0 Å². The maximum absolute atomic E-state index is 5.44. The fourth-order valence-electron chi connectivity index (χ4n) is 2.25. The van der Waals surface area contributed by atoms with Crippen molar-refractivity contribution in [3.05, 3.63) is 17.0 Å². The summed E-state index contributed by atoms with van der Waals surface area (Å²) in [4.78, 5) is 0. The zero-order valence-corrected chi connectivity index (χ0v) is 9.68. The highest BCUT2D eigenvalue weighted by molar-refractivity contribution is 5.27. The third-order valence-corrected chi connectivity index (χ3v) is 3.13. The van der Waals surface area contributed by atoms with Crippen LogP contribution in [0.5, 0.6) is 0 Å². The molecule has 0 spiro atoms. The summed E-state index contributed by atoms with van der Waals surface area (Å²) >= 11 is 0. The summed E-state index contributed by atoms with van der Waals surface area (Å²) in [5.41, 5.74) is 2.50. The number of hydrogen-bond acceptors (Lipinski definition) is 3. The quantitative estimate of drug-likeness (QED) is 0.773. The smallest absolute Gasteiger partial charge is 0.143 e. The minimum atomic E-state index is 0.557. The van der Waals surface area contributed by atoms with E-state index in [1.165, 1.54) is 18.4 Å². The van der Waals surface area contributed by atoms with E-state index < -0.39 is 0 Å². The van der Waals surface area contributed by atoms with Crippen LogP contribution in [0.4, 0.5) is 0 Å². The van der Waals surface area contributed by atoms with Crippen molar-refractivity contribution in [3.63, 3.8) is 0 Å². The first-order valence-electron chi connectivity index (χ1n) is 6.01. The minimum Gasteiger partial charge on any atom is -0.361 e. The van der Waals surface area contributed by atoms with Gasteiger partial charge in [-0.25, -0.2) is 0 Å². The molecule has 3 nitrogen and oxygen atoms in total. The highest BCUT2D eigenvalue weighted by Gasteiger charge is 2.24. The van der Waals surface area contributed by atoms with Crippen molar-refractivity contribution in [1.29, 1.82) is 0 Å². The van der Waals surface area contributed by atoms with Crippen LogP contribution < -0.4 is 5.32 Å². The van der Waals surface area contributed by atoms with Crippen LogP contribution in [-0.2, 0) is 13.0 Å². The lowest BCUT2D eigenvalue weighted by molar-refractivity contribution is 0.344. The fourth-order valence-corrected chi connectivity index (χ4v) is 2.25. The molecule has 84 valence electrons. The molecule has 1 unspecified atom stereocenters. The van der Waals surface area contributed by atoms with Gasteiger partial charge in [-0.2, -0.15) is 0 Å². The standard InChI is InChI=1S/C12H20N2O/c1-3-7-13-8-11-10-6-4-5-9(2)12(10)15-14-11/h9,13H,3-8H2,1-2H3. The molecule has 0 aromatic carbocycles. The molecule has 2 rings (SSSR count). The second-order valence-electron chi connectivity index (χ2n) is 4.44. The van der Waals surface area contributed by atoms with Gasteiger partial charge in [-0.3, -0.25) is 0 Å². The molecule has 0 fully saturated rings. The van der Waals surface area contributed by atoms with Crippen LogP contribution in [0.1, 0.15) is 56.0 Å². The molecule has 1 aromatic rings. The van der Waals surface area contributed by atoms with E-state index in [1.807, 2.05) is 0 Å². The van der Waals surface area contributed by atoms with E-state index in [2.05, 4.69) is 24.3 Å². The predicted octanol–water partition coefficient (Wildman–Crippen LogP) is 2.61. The van der Waals surface area contributed by atoms with Gasteiger partial charge >= 0.3 is 0 Å². The summed E-state index contributed by atoms with van der Waals surface area (Å²) in [6, 6.07) is 0. The molecule has 1 heterocycles. The first-order valence-corrected chi connectivity index (χ1v) is 6.01. The highest BCUT2D eigenvalue weighted by atomic mass is 16.5. The molecular formula is C12H20N2O. The third kappa shape index (κ3) is 2.23. The monoisotopic (exact) mass is 208 g/mol. The van der Waals surface area contributed by atoms with E-state index in [4.69, 9.17) is 4.52 Å². The Kier molecular flexibility index (Phi) is 3.41. The fraction of sp³-hybridized carbons (Fsp3) is 0.750. The van der Waals surface area contributed by atoms with E-state index in [-0.39, 0.29) is 0 Å². The normalized spacial score (nSPS) is 20.3. The van der Waals surface area contributed by atoms with Crippen molar-refractivity contribution in [1.82, 2.24) is 10.5 Å². The van der Waals surface area contributed by atoms with E-state index in [1.54, 1.807) is 0 Å². The molecule has 1 aliphatic rings. The van der Waals surface area contributed by atoms with Gasteiger partial charge in [0.2, 0.25) is 0 Å². The van der Waals surface area contributed by atoms with E-state index >= 15 is 0 Å². The first kappa shape index (κ1) is 10.7. The molecule has 0 saturated heterocycles. The number of rotatable bonds is 4. The predicted molar refractivity (Wildman–Crippen MR) is 59.9 cm³/mol. The summed E-state index contributed by atoms with van der Waals surface area (Å²) in [7, 11) is 0. The SMILES string of the molecule is CCCNCc1noc2c1CCCC2C. The molecule has 0 amide bonds. The molecule has 0 aliphatic heterocycles. The zero-order chi connectivity index (χ0) is 10.7. The lowest BCUT2D eigenvalue weighted by atomic mass is 9.89. The Morgan fingerprint density at radius 2 is 2.40 bits per heavy atom. The molecule has 15 heavy (non-hydrogen) atoms. The Labute approximate surface area is 91.2 Å². The van der Waals surface area contributed by atoms with Crippen LogP contribution in [0.15, 0.2) is 4.52 Å². The molecule has 1 atom stereocenters. The minimum absolute atomic E-state index is 0.557. The van der Waals surface area contributed by atoms with E-state index in [0.717, 1.165) is 37.4 Å². The van der Waals surface area contributed by atoms with Crippen molar-refractivity contribution in [2.75, 3.05) is 6.54 Å². The maximum Gasteiger partial charge on any atom is 0.143 e. The van der Waals surface area contributed by atoms with Crippen LogP contribution in [-0.4, -0.2) is 11.7 Å². The molecule has 1 N–H and O–H groups in total. The van der Waals surface area contributed by atoms with Gasteiger partial charge < -0.3 is 9.84 Å². The Balaban J connectivity index is 2.06. The van der Waals surface area contributed by atoms with Crippen LogP contribution in [0.25, 0.3) is 0 Å². The number of hydrogen-bond donors (Lipinski definition) is 1. The van der Waals surface area contributed by atoms with Crippen molar-refractivity contribution >= 4 is 0 Å². The summed E-state index contributed by atoms with van der Waals surface area (Å²) in [6.45, 7) is 6.32. The number of nitrogens with one attached hydrogen (secondary N) is 1. The van der Waals surface area contributed by atoms with Gasteiger partial charge in [-0.1, -0.05) is 19.0 Å². The summed E-state index contributed by atoms with van der Waals surface area (Å²) < 4.78 is 5.44. The van der Waals surface area contributed by atoms with Crippen molar-refractivity contribution in [2.45, 2.75) is 52.0 Å². The van der Waals surface area contributed by atoms with Crippen LogP contribution in [0.3, 0.4) is 0 Å². The molecular weight excluding hydrogens is 188 g/mol. The van der Waals surface area contributed by atoms with Crippen molar-refractivity contribution < 1.29 is 4.52 Å². The Bertz CT molecular complexity index is 319. The number of aromatic nitrogens is 1. The number of fused-ring (bicyclic) bond motifs is 1. The molecule has 1 aromatic heterocycles. The van der Waals surface area contributed by atoms with Gasteiger partial charge in [0.15, 0.2) is 0 Å². The molecule has 0 bridgehead atoms. The van der Waals surface area contributed by atoms with Crippen LogP contribution in [0, 0.1) is 0 Å². The maximum atomic E-state index is 5.44. The van der Waals surface area contributed by atoms with Crippen LogP contribution >= 0.6 is 0 Å².